The summed E-state index contributed by atoms with van der Waals surface area (Å²) in [5.74, 6) is -0.242. The van der Waals surface area contributed by atoms with E-state index in [2.05, 4.69) is 9.83 Å². The van der Waals surface area contributed by atoms with E-state index in [0.717, 1.165) is 0 Å². The van der Waals surface area contributed by atoms with E-state index in [0.29, 0.717) is 17.0 Å². The highest BCUT2D eigenvalue weighted by Gasteiger charge is 2.15. The van der Waals surface area contributed by atoms with Crippen molar-refractivity contribution in [3.63, 3.8) is 0 Å². The molecule has 0 spiro atoms. The van der Waals surface area contributed by atoms with Gasteiger partial charge in [0, 0.05) is 5.56 Å². The second-order valence-electron chi connectivity index (χ2n) is 3.41. The first kappa shape index (κ1) is 11.9. The van der Waals surface area contributed by atoms with E-state index in [-0.39, 0.29) is 12.5 Å². The molecule has 1 aromatic carbocycles. The van der Waals surface area contributed by atoms with Crippen LogP contribution in [-0.2, 0) is 4.74 Å². The molecule has 0 amide bonds. The molecule has 90 valence electrons. The van der Waals surface area contributed by atoms with Crippen LogP contribution < -0.4 is 0 Å². The fourth-order valence-electron chi connectivity index (χ4n) is 1.42. The van der Waals surface area contributed by atoms with Crippen molar-refractivity contribution in [1.82, 2.24) is 4.98 Å². The third kappa shape index (κ3) is 2.38. The summed E-state index contributed by atoms with van der Waals surface area (Å²) in [6.07, 6.45) is 1.44. The Bertz CT molecular complexity index is 611. The Morgan fingerprint density at radius 3 is 3.11 bits per heavy atom. The number of esters is 1. The van der Waals surface area contributed by atoms with E-state index in [9.17, 15) is 4.79 Å². The Labute approximate surface area is 104 Å². The third-order valence-electron chi connectivity index (χ3n) is 2.22. The maximum absolute atomic E-state index is 11.4. The van der Waals surface area contributed by atoms with Crippen LogP contribution in [0.15, 0.2) is 34.9 Å². The number of carbonyl (C=O) groups is 1. The number of rotatable bonds is 3. The first-order valence-corrected chi connectivity index (χ1v) is 5.35. The van der Waals surface area contributed by atoms with Gasteiger partial charge in [0.05, 0.1) is 19.4 Å². The number of hydrogen-bond acceptors (Lipinski definition) is 4. The van der Waals surface area contributed by atoms with Crippen molar-refractivity contribution in [3.8, 4) is 11.3 Å². The highest BCUT2D eigenvalue weighted by atomic mass is 16.5. The number of nitrogens with zero attached hydrogens (tertiary/aromatic N) is 2. The minimum atomic E-state index is -0.593. The van der Waals surface area contributed by atoms with Gasteiger partial charge >= 0.3 is 11.9 Å². The lowest BCUT2D eigenvalue weighted by molar-refractivity contribution is 0.0482. The molecular weight excluding hydrogens is 232 g/mol. The van der Waals surface area contributed by atoms with Gasteiger partial charge in [-0.2, -0.15) is 0 Å². The minimum absolute atomic E-state index is 0.0833. The van der Waals surface area contributed by atoms with Crippen molar-refractivity contribution in [2.45, 2.75) is 6.92 Å². The summed E-state index contributed by atoms with van der Waals surface area (Å²) in [6.45, 7) is 8.91. The molecule has 2 rings (SSSR count). The Hall–Kier alpha value is -2.61. The molecule has 0 unspecified atom stereocenters. The van der Waals surface area contributed by atoms with Crippen LogP contribution in [0.1, 0.15) is 17.6 Å². The number of hydrogen-bond donors (Lipinski definition) is 0. The lowest BCUT2D eigenvalue weighted by Gasteiger charge is -1.97. The number of benzene rings is 1. The van der Waals surface area contributed by atoms with Crippen molar-refractivity contribution < 1.29 is 13.9 Å². The van der Waals surface area contributed by atoms with Crippen LogP contribution in [0.2, 0.25) is 0 Å². The molecular formula is C13H10N2O3. The molecule has 0 bridgehead atoms. The van der Waals surface area contributed by atoms with E-state index in [1.807, 2.05) is 0 Å². The van der Waals surface area contributed by atoms with E-state index in [1.54, 1.807) is 31.2 Å². The van der Waals surface area contributed by atoms with Gasteiger partial charge in [0.1, 0.15) is 0 Å². The summed E-state index contributed by atoms with van der Waals surface area (Å²) in [5.41, 5.74) is 1.20. The Kier molecular flexibility index (Phi) is 3.39. The molecule has 0 aliphatic carbocycles. The molecule has 0 saturated heterocycles. The first-order valence-electron chi connectivity index (χ1n) is 5.35. The van der Waals surface area contributed by atoms with Gasteiger partial charge in [0.2, 0.25) is 0 Å². The fourth-order valence-corrected chi connectivity index (χ4v) is 1.42. The predicted molar refractivity (Wildman–Crippen MR) is 64.2 cm³/mol. The summed E-state index contributed by atoms with van der Waals surface area (Å²) in [5, 5.41) is 0. The molecule has 5 heteroatoms. The van der Waals surface area contributed by atoms with Gasteiger partial charge in [-0.3, -0.25) is 0 Å². The summed E-state index contributed by atoms with van der Waals surface area (Å²) in [6, 6.07) is 6.89. The molecule has 18 heavy (non-hydrogen) atoms. The quantitative estimate of drug-likeness (QED) is 0.613. The van der Waals surface area contributed by atoms with Crippen molar-refractivity contribution in [1.29, 1.82) is 0 Å². The molecule has 0 aliphatic rings. The van der Waals surface area contributed by atoms with Gasteiger partial charge in [0.25, 0.3) is 0 Å². The van der Waals surface area contributed by atoms with Crippen molar-refractivity contribution in [3.05, 3.63) is 47.8 Å². The number of oxazole rings is 1. The van der Waals surface area contributed by atoms with Crippen molar-refractivity contribution >= 4 is 11.7 Å². The van der Waals surface area contributed by atoms with Crippen LogP contribution >= 0.6 is 0 Å². The highest BCUT2D eigenvalue weighted by molar-refractivity contribution is 5.84. The van der Waals surface area contributed by atoms with Crippen LogP contribution in [0.4, 0.5) is 5.69 Å². The molecule has 5 nitrogen and oxygen atoms in total. The summed E-state index contributed by atoms with van der Waals surface area (Å²) >= 11 is 0. The van der Waals surface area contributed by atoms with Crippen LogP contribution in [-0.4, -0.2) is 17.6 Å². The molecule has 1 heterocycles. The second-order valence-corrected chi connectivity index (χ2v) is 3.41. The monoisotopic (exact) mass is 242 g/mol. The smallest absolute Gasteiger partial charge is 0.394 e. The van der Waals surface area contributed by atoms with Crippen molar-refractivity contribution in [2.75, 3.05) is 6.61 Å². The average Bonchev–Trinajstić information content (AvgIpc) is 2.89. The number of ether oxygens (including phenoxy) is 1. The fraction of sp³-hybridized carbons (Fsp3) is 0.154. The van der Waals surface area contributed by atoms with E-state index in [1.165, 1.54) is 6.20 Å². The molecule has 1 aromatic heterocycles. The van der Waals surface area contributed by atoms with E-state index in [4.69, 9.17) is 15.7 Å². The van der Waals surface area contributed by atoms with Crippen LogP contribution in [0, 0.1) is 6.57 Å². The zero-order valence-corrected chi connectivity index (χ0v) is 9.71. The van der Waals surface area contributed by atoms with Crippen LogP contribution in [0.25, 0.3) is 16.2 Å². The number of aromatic nitrogens is 1. The standard InChI is InChI=1S/C13H10N2O3/c1-3-17-13(16)12-15-8-11(18-12)9-5-4-6-10(7-9)14-2/h4-8H,3H2,1H3. The van der Waals surface area contributed by atoms with Gasteiger partial charge in [-0.05, 0) is 13.0 Å². The lowest BCUT2D eigenvalue weighted by Crippen LogP contribution is -2.04. The summed E-state index contributed by atoms with van der Waals surface area (Å²) in [4.78, 5) is 18.6. The van der Waals surface area contributed by atoms with Crippen LogP contribution in [0.5, 0.6) is 0 Å². The predicted octanol–water partition coefficient (Wildman–Crippen LogP) is 3.07. The first-order chi connectivity index (χ1) is 8.74. The molecule has 0 fully saturated rings. The van der Waals surface area contributed by atoms with E-state index >= 15 is 0 Å². The van der Waals surface area contributed by atoms with Crippen molar-refractivity contribution in [2.24, 2.45) is 0 Å². The Morgan fingerprint density at radius 2 is 2.39 bits per heavy atom. The average molecular weight is 242 g/mol. The molecule has 2 aromatic rings. The highest BCUT2D eigenvalue weighted by Crippen LogP contribution is 2.24. The molecule has 0 N–H and O–H groups in total. The van der Waals surface area contributed by atoms with Gasteiger partial charge in [-0.15, -0.1) is 0 Å². The van der Waals surface area contributed by atoms with Gasteiger partial charge < -0.3 is 9.15 Å². The summed E-state index contributed by atoms with van der Waals surface area (Å²) < 4.78 is 10.1. The SMILES string of the molecule is [C-]#[N+]c1cccc(-c2cnc(C(=O)OCC)o2)c1. The Balaban J connectivity index is 2.29. The Morgan fingerprint density at radius 1 is 1.56 bits per heavy atom. The lowest BCUT2D eigenvalue weighted by atomic mass is 10.2. The van der Waals surface area contributed by atoms with Gasteiger partial charge in [-0.25, -0.2) is 14.6 Å². The minimum Gasteiger partial charge on any atom is -0.459 e. The maximum Gasteiger partial charge on any atom is 0.394 e. The third-order valence-corrected chi connectivity index (χ3v) is 2.22. The zero-order valence-electron chi connectivity index (χ0n) is 9.71. The van der Waals surface area contributed by atoms with Crippen LogP contribution in [0.3, 0.4) is 0 Å². The zero-order chi connectivity index (χ0) is 13.0. The van der Waals surface area contributed by atoms with Gasteiger partial charge in [-0.1, -0.05) is 18.2 Å². The largest absolute Gasteiger partial charge is 0.459 e. The summed E-state index contributed by atoms with van der Waals surface area (Å²) in [7, 11) is 0. The van der Waals surface area contributed by atoms with E-state index < -0.39 is 5.97 Å². The maximum atomic E-state index is 11.4. The molecule has 0 atom stereocenters. The topological polar surface area (TPSA) is 56.7 Å². The molecule has 0 aliphatic heterocycles. The molecule has 0 saturated carbocycles. The van der Waals surface area contributed by atoms with Gasteiger partial charge in [0.15, 0.2) is 11.4 Å². The normalized spacial score (nSPS) is 9.78. The number of carbonyl (C=O) groups excluding carboxylic acids is 1. The molecule has 0 radical (unpaired) electrons. The second kappa shape index (κ2) is 5.15.